The van der Waals surface area contributed by atoms with Crippen molar-refractivity contribution in [1.29, 1.82) is 0 Å². The molecule has 1 fully saturated rings. The molecule has 0 saturated heterocycles. The highest BCUT2D eigenvalue weighted by molar-refractivity contribution is 7.71. The lowest BCUT2D eigenvalue weighted by Gasteiger charge is -2.29. The molecule has 1 aromatic heterocycles. The summed E-state index contributed by atoms with van der Waals surface area (Å²) in [6.07, 6.45) is 4.65. The molecule has 1 aliphatic rings. The molecule has 6 heteroatoms. The molecule has 5 nitrogen and oxygen atoms in total. The number of aromatic nitrogens is 2. The van der Waals surface area contributed by atoms with Gasteiger partial charge in [-0.05, 0) is 50.0 Å². The summed E-state index contributed by atoms with van der Waals surface area (Å²) in [5.74, 6) is 0.906. The number of carbonyl (C=O) groups is 1. The monoisotopic (exact) mass is 345 g/mol. The molecule has 1 N–H and O–H groups in total. The largest absolute Gasteiger partial charge is 0.409 e. The summed E-state index contributed by atoms with van der Waals surface area (Å²) >= 11 is 5.20. The van der Waals surface area contributed by atoms with Crippen LogP contribution >= 0.6 is 12.2 Å². The highest BCUT2D eigenvalue weighted by Gasteiger charge is 2.23. The van der Waals surface area contributed by atoms with Crippen molar-refractivity contribution in [3.05, 3.63) is 34.7 Å². The van der Waals surface area contributed by atoms with Crippen LogP contribution in [-0.2, 0) is 11.3 Å². The molecule has 0 bridgehead atoms. The van der Waals surface area contributed by atoms with Crippen molar-refractivity contribution in [3.63, 3.8) is 0 Å². The zero-order chi connectivity index (χ0) is 17.1. The van der Waals surface area contributed by atoms with Gasteiger partial charge in [-0.1, -0.05) is 37.5 Å². The van der Waals surface area contributed by atoms with E-state index in [1.807, 2.05) is 31.2 Å². The number of amides is 1. The van der Waals surface area contributed by atoms with E-state index < -0.39 is 0 Å². The van der Waals surface area contributed by atoms with E-state index in [1.54, 1.807) is 0 Å². The Morgan fingerprint density at radius 1 is 1.33 bits per heavy atom. The standard InChI is InChI=1S/C18H23N3O2S/c1-12-7-9-14(10-8-12)17-20-21(18(24)23-17)11-16(22)19-15-6-4-3-5-13(15)2/h7-10,13,15H,3-6,11H2,1-2H3,(H,19,22)/t13-,15+/m1/s1. The maximum Gasteiger partial charge on any atom is 0.287 e. The average molecular weight is 345 g/mol. The van der Waals surface area contributed by atoms with E-state index in [9.17, 15) is 4.79 Å². The molecule has 1 heterocycles. The normalized spacial score (nSPS) is 20.8. The first-order valence-electron chi connectivity index (χ1n) is 8.47. The van der Waals surface area contributed by atoms with Gasteiger partial charge in [-0.2, -0.15) is 0 Å². The van der Waals surface area contributed by atoms with Gasteiger partial charge in [0.15, 0.2) is 0 Å². The summed E-state index contributed by atoms with van der Waals surface area (Å²) in [5, 5.41) is 7.46. The fraction of sp³-hybridized carbons (Fsp3) is 0.500. The molecule has 0 unspecified atom stereocenters. The molecule has 1 saturated carbocycles. The van der Waals surface area contributed by atoms with Crippen molar-refractivity contribution in [2.24, 2.45) is 5.92 Å². The minimum Gasteiger partial charge on any atom is -0.409 e. The van der Waals surface area contributed by atoms with E-state index in [2.05, 4.69) is 17.3 Å². The summed E-state index contributed by atoms with van der Waals surface area (Å²) in [7, 11) is 0. The quantitative estimate of drug-likeness (QED) is 0.855. The smallest absolute Gasteiger partial charge is 0.287 e. The highest BCUT2D eigenvalue weighted by Crippen LogP contribution is 2.23. The zero-order valence-electron chi connectivity index (χ0n) is 14.1. The first kappa shape index (κ1) is 16.9. The Balaban J connectivity index is 1.68. The third kappa shape index (κ3) is 3.93. The van der Waals surface area contributed by atoms with Crippen LogP contribution in [0.3, 0.4) is 0 Å². The van der Waals surface area contributed by atoms with Crippen LogP contribution in [0.25, 0.3) is 11.5 Å². The van der Waals surface area contributed by atoms with E-state index in [1.165, 1.54) is 23.9 Å². The van der Waals surface area contributed by atoms with Gasteiger partial charge >= 0.3 is 0 Å². The maximum absolute atomic E-state index is 12.3. The predicted molar refractivity (Wildman–Crippen MR) is 95.1 cm³/mol. The molecule has 24 heavy (non-hydrogen) atoms. The van der Waals surface area contributed by atoms with E-state index in [0.717, 1.165) is 17.5 Å². The van der Waals surface area contributed by atoms with E-state index in [0.29, 0.717) is 11.8 Å². The van der Waals surface area contributed by atoms with Gasteiger partial charge in [-0.25, -0.2) is 4.68 Å². The topological polar surface area (TPSA) is 60.1 Å². The molecule has 128 valence electrons. The Morgan fingerprint density at radius 3 is 2.75 bits per heavy atom. The molecule has 1 amide bonds. The summed E-state index contributed by atoms with van der Waals surface area (Å²) in [5.41, 5.74) is 2.02. The number of nitrogens with one attached hydrogen (secondary N) is 1. The third-order valence-electron chi connectivity index (χ3n) is 4.66. The number of aryl methyl sites for hydroxylation is 1. The van der Waals surface area contributed by atoms with E-state index in [-0.39, 0.29) is 23.3 Å². The number of rotatable bonds is 4. The Morgan fingerprint density at radius 2 is 2.04 bits per heavy atom. The lowest BCUT2D eigenvalue weighted by molar-refractivity contribution is -0.123. The molecular formula is C18H23N3O2S. The van der Waals surface area contributed by atoms with Gasteiger partial charge in [-0.15, -0.1) is 5.10 Å². The first-order valence-corrected chi connectivity index (χ1v) is 8.88. The maximum atomic E-state index is 12.3. The Kier molecular flexibility index (Phi) is 5.14. The predicted octanol–water partition coefficient (Wildman–Crippen LogP) is 3.88. The Hall–Kier alpha value is -1.95. The molecule has 0 radical (unpaired) electrons. The van der Waals surface area contributed by atoms with Gasteiger partial charge in [0.2, 0.25) is 11.8 Å². The van der Waals surface area contributed by atoms with Crippen LogP contribution in [0.2, 0.25) is 0 Å². The van der Waals surface area contributed by atoms with Crippen LogP contribution in [0.4, 0.5) is 0 Å². The summed E-state index contributed by atoms with van der Waals surface area (Å²) < 4.78 is 6.99. The number of benzene rings is 1. The number of hydrogen-bond donors (Lipinski definition) is 1. The van der Waals surface area contributed by atoms with Crippen molar-refractivity contribution < 1.29 is 9.21 Å². The average Bonchev–Trinajstić information content (AvgIpc) is 2.91. The fourth-order valence-corrected chi connectivity index (χ4v) is 3.32. The lowest BCUT2D eigenvalue weighted by atomic mass is 9.86. The molecular weight excluding hydrogens is 322 g/mol. The summed E-state index contributed by atoms with van der Waals surface area (Å²) in [6.45, 7) is 4.31. The highest BCUT2D eigenvalue weighted by atomic mass is 32.1. The van der Waals surface area contributed by atoms with Crippen LogP contribution in [0, 0.1) is 17.7 Å². The van der Waals surface area contributed by atoms with Gasteiger partial charge in [0.1, 0.15) is 6.54 Å². The second kappa shape index (κ2) is 7.30. The summed E-state index contributed by atoms with van der Waals surface area (Å²) in [4.78, 5) is 12.5. The molecule has 3 rings (SSSR count). The molecule has 1 aliphatic carbocycles. The van der Waals surface area contributed by atoms with Crippen molar-refractivity contribution in [2.75, 3.05) is 0 Å². The van der Waals surface area contributed by atoms with E-state index >= 15 is 0 Å². The van der Waals surface area contributed by atoms with Crippen molar-refractivity contribution in [2.45, 2.75) is 52.1 Å². The van der Waals surface area contributed by atoms with Gasteiger partial charge < -0.3 is 9.73 Å². The fourth-order valence-electron chi connectivity index (χ4n) is 3.14. The second-order valence-corrected chi connectivity index (χ2v) is 6.98. The first-order chi connectivity index (χ1) is 11.5. The Labute approximate surface area is 147 Å². The number of nitrogens with zero attached hydrogens (tertiary/aromatic N) is 2. The molecule has 0 aliphatic heterocycles. The molecule has 1 aromatic carbocycles. The van der Waals surface area contributed by atoms with Gasteiger partial charge in [0.25, 0.3) is 4.84 Å². The Bertz CT molecular complexity index is 763. The number of carbonyl (C=O) groups excluding carboxylic acids is 1. The van der Waals surface area contributed by atoms with Gasteiger partial charge in [0, 0.05) is 11.6 Å². The molecule has 2 aromatic rings. The number of hydrogen-bond acceptors (Lipinski definition) is 4. The summed E-state index contributed by atoms with van der Waals surface area (Å²) in [6, 6.07) is 8.10. The molecule has 0 spiro atoms. The van der Waals surface area contributed by atoms with Crippen molar-refractivity contribution in [1.82, 2.24) is 15.1 Å². The van der Waals surface area contributed by atoms with Crippen LogP contribution in [0.15, 0.2) is 28.7 Å². The van der Waals surface area contributed by atoms with Crippen LogP contribution in [-0.4, -0.2) is 21.7 Å². The minimum atomic E-state index is -0.0615. The van der Waals surface area contributed by atoms with Gasteiger partial charge in [-0.3, -0.25) is 4.79 Å². The SMILES string of the molecule is Cc1ccc(-c2nn(CC(=O)N[C@H]3CCCC[C@H]3C)c(=S)o2)cc1. The van der Waals surface area contributed by atoms with Gasteiger partial charge in [0.05, 0.1) is 0 Å². The van der Waals surface area contributed by atoms with Crippen molar-refractivity contribution in [3.8, 4) is 11.5 Å². The zero-order valence-corrected chi connectivity index (χ0v) is 14.9. The van der Waals surface area contributed by atoms with E-state index in [4.69, 9.17) is 16.6 Å². The van der Waals surface area contributed by atoms with Crippen LogP contribution < -0.4 is 5.32 Å². The minimum absolute atomic E-state index is 0.0615. The lowest BCUT2D eigenvalue weighted by Crippen LogP contribution is -2.42. The third-order valence-corrected chi connectivity index (χ3v) is 4.95. The van der Waals surface area contributed by atoms with Crippen molar-refractivity contribution >= 4 is 18.1 Å². The van der Waals surface area contributed by atoms with Crippen LogP contribution in [0.1, 0.15) is 38.2 Å². The molecule has 2 atom stereocenters. The van der Waals surface area contributed by atoms with Crippen LogP contribution in [0.5, 0.6) is 0 Å². The second-order valence-electron chi connectivity index (χ2n) is 6.63.